The highest BCUT2D eigenvalue weighted by molar-refractivity contribution is 5.84. The molecule has 0 amide bonds. The van der Waals surface area contributed by atoms with Gasteiger partial charge in [-0.2, -0.15) is 0 Å². The van der Waals surface area contributed by atoms with Crippen LogP contribution >= 0.6 is 0 Å². The van der Waals surface area contributed by atoms with Gasteiger partial charge in [-0.1, -0.05) is 60.7 Å². The minimum atomic E-state index is 0.605. The molecule has 0 heterocycles. The van der Waals surface area contributed by atoms with Gasteiger partial charge in [0.15, 0.2) is 11.5 Å². The Morgan fingerprint density at radius 2 is 1.00 bits per heavy atom. The van der Waals surface area contributed by atoms with Crippen molar-refractivity contribution in [2.24, 2.45) is 0 Å². The third-order valence-corrected chi connectivity index (χ3v) is 2.86. The summed E-state index contributed by atoms with van der Waals surface area (Å²) in [7, 11) is 0. The number of benzene rings is 2. The molecule has 0 bridgehead atoms. The van der Waals surface area contributed by atoms with Gasteiger partial charge in [0.25, 0.3) is 0 Å². The lowest BCUT2D eigenvalue weighted by Crippen LogP contribution is -2.01. The minimum Gasteiger partial charge on any atom is -0.489 e. The lowest BCUT2D eigenvalue weighted by molar-refractivity contribution is 0.261. The Balaban J connectivity index is 2.54. The van der Waals surface area contributed by atoms with Crippen molar-refractivity contribution in [1.82, 2.24) is 0 Å². The van der Waals surface area contributed by atoms with E-state index in [4.69, 9.17) is 9.47 Å². The largest absolute Gasteiger partial charge is 0.489 e. The minimum absolute atomic E-state index is 0.605. The Labute approximate surface area is 120 Å². The molecular formula is C18H20O2. The molecule has 0 saturated heterocycles. The number of rotatable bonds is 6. The van der Waals surface area contributed by atoms with Crippen LogP contribution in [0.15, 0.2) is 60.7 Å². The Morgan fingerprint density at radius 1 is 0.650 bits per heavy atom. The van der Waals surface area contributed by atoms with E-state index in [1.807, 2.05) is 74.5 Å². The third kappa shape index (κ3) is 3.41. The summed E-state index contributed by atoms with van der Waals surface area (Å²) in [6.45, 7) is 5.18. The van der Waals surface area contributed by atoms with Crippen LogP contribution in [0.5, 0.6) is 0 Å². The smallest absolute Gasteiger partial charge is 0.168 e. The fourth-order valence-electron chi connectivity index (χ4n) is 2.03. The summed E-state index contributed by atoms with van der Waals surface area (Å²) in [5, 5.41) is 0. The van der Waals surface area contributed by atoms with E-state index in [1.165, 1.54) is 0 Å². The molecule has 0 radical (unpaired) electrons. The van der Waals surface area contributed by atoms with Crippen molar-refractivity contribution >= 4 is 11.5 Å². The Bertz CT molecular complexity index is 493. The predicted molar refractivity (Wildman–Crippen MR) is 83.0 cm³/mol. The molecule has 0 saturated carbocycles. The molecule has 0 N–H and O–H groups in total. The molecule has 104 valence electrons. The van der Waals surface area contributed by atoms with Gasteiger partial charge in [0.1, 0.15) is 0 Å². The molecule has 0 spiro atoms. The van der Waals surface area contributed by atoms with E-state index in [1.54, 1.807) is 0 Å². The third-order valence-electron chi connectivity index (χ3n) is 2.86. The van der Waals surface area contributed by atoms with E-state index in [-0.39, 0.29) is 0 Å². The molecule has 0 unspecified atom stereocenters. The summed E-state index contributed by atoms with van der Waals surface area (Å²) >= 11 is 0. The zero-order chi connectivity index (χ0) is 14.2. The first kappa shape index (κ1) is 14.2. The SMILES string of the molecule is CCO/C(=C(/OCC)c1ccccc1)c1ccccc1. The van der Waals surface area contributed by atoms with Crippen molar-refractivity contribution in [2.75, 3.05) is 13.2 Å². The first-order valence-corrected chi connectivity index (χ1v) is 6.97. The van der Waals surface area contributed by atoms with Crippen molar-refractivity contribution in [3.63, 3.8) is 0 Å². The first-order valence-electron chi connectivity index (χ1n) is 6.97. The van der Waals surface area contributed by atoms with Crippen LogP contribution in [-0.4, -0.2) is 13.2 Å². The normalized spacial score (nSPS) is 11.7. The van der Waals surface area contributed by atoms with Gasteiger partial charge in [0.05, 0.1) is 13.2 Å². The van der Waals surface area contributed by atoms with Gasteiger partial charge in [-0.25, -0.2) is 0 Å². The van der Waals surface area contributed by atoms with Gasteiger partial charge in [-0.15, -0.1) is 0 Å². The average Bonchev–Trinajstić information content (AvgIpc) is 2.52. The zero-order valence-electron chi connectivity index (χ0n) is 12.0. The number of hydrogen-bond acceptors (Lipinski definition) is 2. The Hall–Kier alpha value is -2.22. The van der Waals surface area contributed by atoms with Crippen LogP contribution < -0.4 is 0 Å². The maximum Gasteiger partial charge on any atom is 0.168 e. The van der Waals surface area contributed by atoms with Crippen molar-refractivity contribution in [2.45, 2.75) is 13.8 Å². The topological polar surface area (TPSA) is 18.5 Å². The van der Waals surface area contributed by atoms with Crippen LogP contribution in [0.2, 0.25) is 0 Å². The number of hydrogen-bond donors (Lipinski definition) is 0. The van der Waals surface area contributed by atoms with Gasteiger partial charge in [-0.3, -0.25) is 0 Å². The highest BCUT2D eigenvalue weighted by atomic mass is 16.5. The van der Waals surface area contributed by atoms with Crippen molar-refractivity contribution in [3.8, 4) is 0 Å². The summed E-state index contributed by atoms with van der Waals surface area (Å²) in [5.74, 6) is 1.59. The monoisotopic (exact) mass is 268 g/mol. The lowest BCUT2D eigenvalue weighted by Gasteiger charge is -2.16. The molecule has 0 atom stereocenters. The molecular weight excluding hydrogens is 248 g/mol. The molecule has 2 aromatic carbocycles. The maximum atomic E-state index is 5.85. The standard InChI is InChI=1S/C18H20O2/c1-3-19-17(15-11-7-5-8-12-15)18(20-4-2)16-13-9-6-10-14-16/h5-14H,3-4H2,1-2H3/b18-17+. The van der Waals surface area contributed by atoms with Crippen LogP contribution in [0.1, 0.15) is 25.0 Å². The van der Waals surface area contributed by atoms with Gasteiger partial charge in [-0.05, 0) is 13.8 Å². The highest BCUT2D eigenvalue weighted by Gasteiger charge is 2.14. The molecule has 20 heavy (non-hydrogen) atoms. The van der Waals surface area contributed by atoms with Gasteiger partial charge in [0, 0.05) is 11.1 Å². The fourth-order valence-corrected chi connectivity index (χ4v) is 2.03. The second kappa shape index (κ2) is 7.39. The molecule has 0 fully saturated rings. The van der Waals surface area contributed by atoms with Gasteiger partial charge in [0.2, 0.25) is 0 Å². The summed E-state index contributed by atoms with van der Waals surface area (Å²) in [6.07, 6.45) is 0. The van der Waals surface area contributed by atoms with E-state index >= 15 is 0 Å². The first-order chi connectivity index (χ1) is 9.86. The fraction of sp³-hybridized carbons (Fsp3) is 0.222. The summed E-state index contributed by atoms with van der Waals surface area (Å²) < 4.78 is 11.7. The molecule has 0 aliphatic rings. The van der Waals surface area contributed by atoms with E-state index in [9.17, 15) is 0 Å². The van der Waals surface area contributed by atoms with Crippen molar-refractivity contribution in [3.05, 3.63) is 71.8 Å². The molecule has 0 aliphatic heterocycles. The summed E-state index contributed by atoms with van der Waals surface area (Å²) in [5.41, 5.74) is 2.06. The molecule has 0 aromatic heterocycles. The zero-order valence-corrected chi connectivity index (χ0v) is 12.0. The van der Waals surface area contributed by atoms with Crippen LogP contribution in [0.3, 0.4) is 0 Å². The maximum absolute atomic E-state index is 5.85. The molecule has 2 aromatic rings. The van der Waals surface area contributed by atoms with Gasteiger partial charge >= 0.3 is 0 Å². The second-order valence-corrected chi connectivity index (χ2v) is 4.26. The summed E-state index contributed by atoms with van der Waals surface area (Å²) in [4.78, 5) is 0. The Kier molecular flexibility index (Phi) is 5.24. The van der Waals surface area contributed by atoms with Crippen LogP contribution in [0.25, 0.3) is 11.5 Å². The average molecular weight is 268 g/mol. The van der Waals surface area contributed by atoms with E-state index in [2.05, 4.69) is 0 Å². The van der Waals surface area contributed by atoms with E-state index < -0.39 is 0 Å². The quantitative estimate of drug-likeness (QED) is 0.563. The van der Waals surface area contributed by atoms with E-state index in [0.717, 1.165) is 22.6 Å². The molecule has 2 nitrogen and oxygen atoms in total. The van der Waals surface area contributed by atoms with Crippen LogP contribution in [0.4, 0.5) is 0 Å². The molecule has 0 aliphatic carbocycles. The summed E-state index contributed by atoms with van der Waals surface area (Å²) in [6, 6.07) is 20.1. The molecule has 2 heteroatoms. The van der Waals surface area contributed by atoms with Crippen LogP contribution in [-0.2, 0) is 9.47 Å². The predicted octanol–water partition coefficient (Wildman–Crippen LogP) is 4.59. The second-order valence-electron chi connectivity index (χ2n) is 4.26. The van der Waals surface area contributed by atoms with Crippen molar-refractivity contribution in [1.29, 1.82) is 0 Å². The van der Waals surface area contributed by atoms with Gasteiger partial charge < -0.3 is 9.47 Å². The lowest BCUT2D eigenvalue weighted by atomic mass is 10.1. The van der Waals surface area contributed by atoms with Crippen molar-refractivity contribution < 1.29 is 9.47 Å². The number of ether oxygens (including phenoxy) is 2. The van der Waals surface area contributed by atoms with E-state index in [0.29, 0.717) is 13.2 Å². The Morgan fingerprint density at radius 3 is 1.30 bits per heavy atom. The molecule has 2 rings (SSSR count). The highest BCUT2D eigenvalue weighted by Crippen LogP contribution is 2.28. The van der Waals surface area contributed by atoms with Crippen LogP contribution in [0, 0.1) is 0 Å².